The van der Waals surface area contributed by atoms with E-state index in [9.17, 15) is 0 Å². The molecule has 1 aliphatic heterocycles. The zero-order valence-corrected chi connectivity index (χ0v) is 15.7. The first-order valence-electron chi connectivity index (χ1n) is 9.98. The summed E-state index contributed by atoms with van der Waals surface area (Å²) in [6, 6.07) is 22.3. The number of aliphatic imine (C=N–C) groups is 2. The van der Waals surface area contributed by atoms with Crippen LogP contribution in [0.3, 0.4) is 0 Å². The van der Waals surface area contributed by atoms with Crippen molar-refractivity contribution in [2.75, 3.05) is 0 Å². The largest absolute Gasteiger partial charge is 0.380 e. The SMILES string of the molecule is C1=N[C@H]2C[C@@H]2N/C(c2ccccc2)=C/C=N[C@@H]2C[C@H]2N/C(c2ccccc2)=C/1. The van der Waals surface area contributed by atoms with Crippen molar-refractivity contribution in [2.24, 2.45) is 9.98 Å². The van der Waals surface area contributed by atoms with Gasteiger partial charge in [-0.2, -0.15) is 0 Å². The first kappa shape index (κ1) is 17.0. The van der Waals surface area contributed by atoms with Crippen molar-refractivity contribution in [1.29, 1.82) is 0 Å². The maximum atomic E-state index is 4.76. The molecule has 1 heterocycles. The molecule has 4 heteroatoms. The van der Waals surface area contributed by atoms with Crippen LogP contribution >= 0.6 is 0 Å². The van der Waals surface area contributed by atoms with Gasteiger partial charge in [0.2, 0.25) is 0 Å². The molecule has 4 nitrogen and oxygen atoms in total. The summed E-state index contributed by atoms with van der Waals surface area (Å²) in [6.07, 6.45) is 10.2. The van der Waals surface area contributed by atoms with E-state index in [1.807, 2.05) is 24.6 Å². The molecule has 4 atom stereocenters. The summed E-state index contributed by atoms with van der Waals surface area (Å²) in [4.78, 5) is 9.53. The minimum atomic E-state index is 0.328. The summed E-state index contributed by atoms with van der Waals surface area (Å²) in [5, 5.41) is 7.30. The zero-order chi connectivity index (χ0) is 18.8. The lowest BCUT2D eigenvalue weighted by molar-refractivity contribution is 0.834. The Bertz CT molecular complexity index is 864. The molecular formula is C24H24N4. The van der Waals surface area contributed by atoms with E-state index in [0.717, 1.165) is 24.2 Å². The van der Waals surface area contributed by atoms with Gasteiger partial charge < -0.3 is 10.6 Å². The van der Waals surface area contributed by atoms with E-state index in [1.165, 1.54) is 11.1 Å². The molecule has 2 aliphatic carbocycles. The second kappa shape index (κ2) is 7.47. The van der Waals surface area contributed by atoms with Gasteiger partial charge in [-0.15, -0.1) is 0 Å². The smallest absolute Gasteiger partial charge is 0.0721 e. The van der Waals surface area contributed by atoms with Crippen molar-refractivity contribution in [3.05, 3.63) is 83.9 Å². The average molecular weight is 368 g/mol. The van der Waals surface area contributed by atoms with E-state index in [1.54, 1.807) is 0 Å². The lowest BCUT2D eigenvalue weighted by Gasteiger charge is -2.11. The van der Waals surface area contributed by atoms with E-state index in [0.29, 0.717) is 24.2 Å². The van der Waals surface area contributed by atoms with Crippen LogP contribution in [0, 0.1) is 0 Å². The number of nitrogens with one attached hydrogen (secondary N) is 2. The van der Waals surface area contributed by atoms with Crippen LogP contribution in [0.1, 0.15) is 24.0 Å². The lowest BCUT2D eigenvalue weighted by Crippen LogP contribution is -2.19. The third-order valence-electron chi connectivity index (χ3n) is 5.40. The predicted octanol–water partition coefficient (Wildman–Crippen LogP) is 3.68. The van der Waals surface area contributed by atoms with Crippen molar-refractivity contribution < 1.29 is 0 Å². The molecular weight excluding hydrogens is 344 g/mol. The molecule has 3 aliphatic rings. The molecule has 0 amide bonds. The molecule has 28 heavy (non-hydrogen) atoms. The van der Waals surface area contributed by atoms with Gasteiger partial charge in [-0.25, -0.2) is 0 Å². The van der Waals surface area contributed by atoms with Crippen LogP contribution in [0.15, 0.2) is 82.8 Å². The second-order valence-corrected chi connectivity index (χ2v) is 7.60. The summed E-state index contributed by atoms with van der Waals surface area (Å²) in [6.45, 7) is 0. The number of fused-ring (bicyclic) bond motifs is 2. The number of rotatable bonds is 2. The second-order valence-electron chi connectivity index (χ2n) is 7.60. The molecule has 2 N–H and O–H groups in total. The van der Waals surface area contributed by atoms with Crippen LogP contribution in [0.25, 0.3) is 11.4 Å². The van der Waals surface area contributed by atoms with Crippen molar-refractivity contribution in [3.8, 4) is 0 Å². The summed E-state index contributed by atoms with van der Waals surface area (Å²) in [5.41, 5.74) is 4.62. The monoisotopic (exact) mass is 368 g/mol. The first-order chi connectivity index (χ1) is 13.9. The number of allylic oxidation sites excluding steroid dienone is 2. The molecule has 2 aromatic rings. The fraction of sp³-hybridized carbons (Fsp3) is 0.250. The molecule has 2 saturated carbocycles. The Kier molecular flexibility index (Phi) is 4.53. The Labute approximate surface area is 165 Å². The first-order valence-corrected chi connectivity index (χ1v) is 9.98. The summed E-state index contributed by atoms with van der Waals surface area (Å²) in [5.74, 6) is 0. The van der Waals surface area contributed by atoms with E-state index >= 15 is 0 Å². The van der Waals surface area contributed by atoms with Gasteiger partial charge in [0, 0.05) is 23.8 Å². The summed E-state index contributed by atoms with van der Waals surface area (Å²) >= 11 is 0. The number of hydrogen-bond acceptors (Lipinski definition) is 4. The fourth-order valence-corrected chi connectivity index (χ4v) is 3.55. The maximum absolute atomic E-state index is 4.76. The summed E-state index contributed by atoms with van der Waals surface area (Å²) < 4.78 is 0. The Morgan fingerprint density at radius 2 is 1.04 bits per heavy atom. The van der Waals surface area contributed by atoms with Crippen LogP contribution in [0.2, 0.25) is 0 Å². The minimum absolute atomic E-state index is 0.328. The molecule has 0 spiro atoms. The van der Waals surface area contributed by atoms with Crippen LogP contribution < -0.4 is 10.6 Å². The Balaban J connectivity index is 1.40. The molecule has 2 fully saturated rings. The van der Waals surface area contributed by atoms with Crippen molar-refractivity contribution in [2.45, 2.75) is 37.0 Å². The Morgan fingerprint density at radius 3 is 1.46 bits per heavy atom. The minimum Gasteiger partial charge on any atom is -0.380 e. The standard InChI is InChI=1S/C24H24N4/c1-3-7-17(8-4-1)19-11-13-25-22-16-24(22)28-20(18-9-5-2-6-10-18)12-14-26-21-15-23(21)27-19/h1-14,21-24,27-28H,15-16H2/b19-11+,20-12+,25-13?,26-14?/t21-,22+,23-,24+. The third-order valence-corrected chi connectivity index (χ3v) is 5.40. The van der Waals surface area contributed by atoms with Gasteiger partial charge in [-0.05, 0) is 36.1 Å². The topological polar surface area (TPSA) is 48.8 Å². The van der Waals surface area contributed by atoms with Crippen LogP contribution in [0.4, 0.5) is 0 Å². The molecule has 2 aromatic carbocycles. The Hall–Kier alpha value is -3.14. The van der Waals surface area contributed by atoms with Crippen LogP contribution in [-0.2, 0) is 0 Å². The molecule has 5 rings (SSSR count). The van der Waals surface area contributed by atoms with Gasteiger partial charge in [-0.1, -0.05) is 60.7 Å². The molecule has 0 saturated heterocycles. The fourth-order valence-electron chi connectivity index (χ4n) is 3.55. The molecule has 140 valence electrons. The van der Waals surface area contributed by atoms with E-state index < -0.39 is 0 Å². The predicted molar refractivity (Wildman–Crippen MR) is 116 cm³/mol. The van der Waals surface area contributed by atoms with Gasteiger partial charge in [0.15, 0.2) is 0 Å². The highest BCUT2D eigenvalue weighted by Gasteiger charge is 2.38. The van der Waals surface area contributed by atoms with Gasteiger partial charge in [0.05, 0.1) is 24.2 Å². The number of benzene rings is 2. The highest BCUT2D eigenvalue weighted by molar-refractivity contribution is 5.86. The molecule has 0 radical (unpaired) electrons. The van der Waals surface area contributed by atoms with Gasteiger partial charge in [0.1, 0.15) is 0 Å². The van der Waals surface area contributed by atoms with Crippen LogP contribution in [-0.4, -0.2) is 36.6 Å². The van der Waals surface area contributed by atoms with E-state index in [2.05, 4.69) is 71.3 Å². The van der Waals surface area contributed by atoms with Crippen molar-refractivity contribution >= 4 is 23.8 Å². The number of hydrogen-bond donors (Lipinski definition) is 2. The molecule has 0 bridgehead atoms. The molecule has 0 aromatic heterocycles. The van der Waals surface area contributed by atoms with Gasteiger partial charge in [0.25, 0.3) is 0 Å². The molecule has 0 unspecified atom stereocenters. The average Bonchev–Trinajstić information content (AvgIpc) is 3.65. The highest BCUT2D eigenvalue weighted by Crippen LogP contribution is 2.30. The normalized spacial score (nSPS) is 32.1. The number of nitrogens with zero attached hydrogens (tertiary/aromatic N) is 2. The maximum Gasteiger partial charge on any atom is 0.0721 e. The zero-order valence-electron chi connectivity index (χ0n) is 15.7. The van der Waals surface area contributed by atoms with Crippen molar-refractivity contribution in [1.82, 2.24) is 10.6 Å². The highest BCUT2D eigenvalue weighted by atomic mass is 15.1. The van der Waals surface area contributed by atoms with E-state index in [4.69, 9.17) is 9.98 Å². The summed E-state index contributed by atoms with van der Waals surface area (Å²) in [7, 11) is 0. The van der Waals surface area contributed by atoms with Gasteiger partial charge in [-0.3, -0.25) is 9.98 Å². The lowest BCUT2D eigenvalue weighted by atomic mass is 10.1. The van der Waals surface area contributed by atoms with E-state index in [-0.39, 0.29) is 0 Å². The quantitative estimate of drug-likeness (QED) is 0.849. The van der Waals surface area contributed by atoms with Crippen molar-refractivity contribution in [3.63, 3.8) is 0 Å². The van der Waals surface area contributed by atoms with Crippen LogP contribution in [0.5, 0.6) is 0 Å². The van der Waals surface area contributed by atoms with Gasteiger partial charge >= 0.3 is 0 Å². The Morgan fingerprint density at radius 1 is 0.607 bits per heavy atom. The third kappa shape index (κ3) is 3.91.